The van der Waals surface area contributed by atoms with Crippen LogP contribution in [0.15, 0.2) is 42.5 Å². The molecule has 4 rings (SSSR count). The zero-order valence-corrected chi connectivity index (χ0v) is 11.9. The molecule has 0 radical (unpaired) electrons. The number of para-hydroxylation sites is 2. The number of carbonyl (C=O) groups excluding carboxylic acids is 1. The standard InChI is InChI=1S/C17H16N2O3/c20-14-7-3-5-12(15(14)21)16-18-13-6-2-1-4-11(13)17(22)19(16)10-8-9-10/h1-7,10,16,18,20-21H,8-9H2. The SMILES string of the molecule is O=C1c2ccccc2NC(c2cccc(O)c2O)N1C1CC1. The lowest BCUT2D eigenvalue weighted by Crippen LogP contribution is -2.44. The molecule has 2 aromatic carbocycles. The highest BCUT2D eigenvalue weighted by molar-refractivity contribution is 6.02. The lowest BCUT2D eigenvalue weighted by molar-refractivity contribution is 0.0664. The van der Waals surface area contributed by atoms with E-state index in [4.69, 9.17) is 0 Å². The Balaban J connectivity index is 1.84. The Morgan fingerprint density at radius 2 is 1.82 bits per heavy atom. The number of nitrogens with one attached hydrogen (secondary N) is 1. The van der Waals surface area contributed by atoms with Crippen LogP contribution in [-0.4, -0.2) is 27.1 Å². The summed E-state index contributed by atoms with van der Waals surface area (Å²) >= 11 is 0. The van der Waals surface area contributed by atoms with E-state index in [0.29, 0.717) is 11.1 Å². The predicted molar refractivity (Wildman–Crippen MR) is 81.8 cm³/mol. The van der Waals surface area contributed by atoms with Gasteiger partial charge in [-0.3, -0.25) is 4.79 Å². The topological polar surface area (TPSA) is 72.8 Å². The Bertz CT molecular complexity index is 755. The highest BCUT2D eigenvalue weighted by Crippen LogP contribution is 2.44. The van der Waals surface area contributed by atoms with Crippen molar-refractivity contribution in [2.45, 2.75) is 25.0 Å². The van der Waals surface area contributed by atoms with Gasteiger partial charge in [-0.2, -0.15) is 0 Å². The molecule has 22 heavy (non-hydrogen) atoms. The summed E-state index contributed by atoms with van der Waals surface area (Å²) in [6.45, 7) is 0. The molecule has 0 bridgehead atoms. The fourth-order valence-electron chi connectivity index (χ4n) is 2.99. The highest BCUT2D eigenvalue weighted by atomic mass is 16.3. The molecule has 1 fully saturated rings. The van der Waals surface area contributed by atoms with Gasteiger partial charge in [0, 0.05) is 17.3 Å². The van der Waals surface area contributed by atoms with Gasteiger partial charge in [0.2, 0.25) is 0 Å². The maximum absolute atomic E-state index is 12.8. The first kappa shape index (κ1) is 13.0. The van der Waals surface area contributed by atoms with Gasteiger partial charge < -0.3 is 20.4 Å². The summed E-state index contributed by atoms with van der Waals surface area (Å²) in [5.74, 6) is -0.399. The number of phenolic OH excluding ortho intramolecular Hbond substituents is 2. The van der Waals surface area contributed by atoms with E-state index < -0.39 is 6.17 Å². The molecule has 2 aliphatic rings. The number of benzene rings is 2. The van der Waals surface area contributed by atoms with Crippen molar-refractivity contribution >= 4 is 11.6 Å². The fraction of sp³-hybridized carbons (Fsp3) is 0.235. The average Bonchev–Trinajstić information content (AvgIpc) is 3.35. The van der Waals surface area contributed by atoms with Crippen molar-refractivity contribution in [2.75, 3.05) is 5.32 Å². The van der Waals surface area contributed by atoms with Gasteiger partial charge in [-0.05, 0) is 31.0 Å². The fourth-order valence-corrected chi connectivity index (χ4v) is 2.99. The number of hydrogen-bond acceptors (Lipinski definition) is 4. The molecule has 1 heterocycles. The number of aromatic hydroxyl groups is 2. The summed E-state index contributed by atoms with van der Waals surface area (Å²) in [6.07, 6.45) is 1.46. The largest absolute Gasteiger partial charge is 0.504 e. The maximum atomic E-state index is 12.8. The number of phenols is 2. The van der Waals surface area contributed by atoms with E-state index in [1.807, 2.05) is 18.2 Å². The third-order valence-corrected chi connectivity index (χ3v) is 4.24. The Kier molecular flexibility index (Phi) is 2.76. The van der Waals surface area contributed by atoms with E-state index in [1.165, 1.54) is 6.07 Å². The van der Waals surface area contributed by atoms with E-state index in [-0.39, 0.29) is 23.4 Å². The Hall–Kier alpha value is -2.69. The molecule has 0 saturated heterocycles. The van der Waals surface area contributed by atoms with Crippen molar-refractivity contribution in [3.05, 3.63) is 53.6 Å². The summed E-state index contributed by atoms with van der Waals surface area (Å²) in [4.78, 5) is 14.6. The Morgan fingerprint density at radius 1 is 1.05 bits per heavy atom. The molecule has 1 aliphatic heterocycles. The van der Waals surface area contributed by atoms with Crippen LogP contribution in [0.4, 0.5) is 5.69 Å². The minimum atomic E-state index is -0.470. The quantitative estimate of drug-likeness (QED) is 0.745. The van der Waals surface area contributed by atoms with Crippen molar-refractivity contribution < 1.29 is 15.0 Å². The molecule has 1 saturated carbocycles. The molecule has 3 N–H and O–H groups in total. The number of amides is 1. The third kappa shape index (κ3) is 1.89. The van der Waals surface area contributed by atoms with Gasteiger partial charge in [0.25, 0.3) is 5.91 Å². The van der Waals surface area contributed by atoms with Crippen LogP contribution in [0.3, 0.4) is 0 Å². The van der Waals surface area contributed by atoms with Crippen LogP contribution in [-0.2, 0) is 0 Å². The van der Waals surface area contributed by atoms with Gasteiger partial charge in [-0.15, -0.1) is 0 Å². The summed E-state index contributed by atoms with van der Waals surface area (Å²) in [5, 5.41) is 23.2. The van der Waals surface area contributed by atoms with Gasteiger partial charge in [0.05, 0.1) is 5.56 Å². The molecule has 1 unspecified atom stereocenters. The second-order valence-corrected chi connectivity index (χ2v) is 5.75. The number of nitrogens with zero attached hydrogens (tertiary/aromatic N) is 1. The lowest BCUT2D eigenvalue weighted by Gasteiger charge is -2.38. The first-order valence-electron chi connectivity index (χ1n) is 7.36. The lowest BCUT2D eigenvalue weighted by atomic mass is 10.0. The second kappa shape index (κ2) is 4.66. The van der Waals surface area contributed by atoms with Crippen LogP contribution in [0.25, 0.3) is 0 Å². The second-order valence-electron chi connectivity index (χ2n) is 5.75. The molecule has 0 spiro atoms. The number of carbonyl (C=O) groups is 1. The first-order valence-corrected chi connectivity index (χ1v) is 7.36. The molecule has 1 atom stereocenters. The number of hydrogen-bond donors (Lipinski definition) is 3. The smallest absolute Gasteiger partial charge is 0.258 e. The van der Waals surface area contributed by atoms with Gasteiger partial charge in [0.15, 0.2) is 11.5 Å². The van der Waals surface area contributed by atoms with Crippen LogP contribution in [0, 0.1) is 0 Å². The van der Waals surface area contributed by atoms with Crippen molar-refractivity contribution in [2.24, 2.45) is 0 Å². The van der Waals surface area contributed by atoms with E-state index in [2.05, 4.69) is 5.32 Å². The summed E-state index contributed by atoms with van der Waals surface area (Å²) < 4.78 is 0. The number of fused-ring (bicyclic) bond motifs is 1. The normalized spacial score (nSPS) is 20.5. The van der Waals surface area contributed by atoms with E-state index in [9.17, 15) is 15.0 Å². The molecule has 0 aromatic heterocycles. The van der Waals surface area contributed by atoms with Crippen molar-refractivity contribution in [3.63, 3.8) is 0 Å². The maximum Gasteiger partial charge on any atom is 0.258 e. The zero-order valence-electron chi connectivity index (χ0n) is 11.9. The van der Waals surface area contributed by atoms with Crippen molar-refractivity contribution in [3.8, 4) is 11.5 Å². The van der Waals surface area contributed by atoms with Gasteiger partial charge in [0.1, 0.15) is 6.17 Å². The minimum absolute atomic E-state index is 0.0374. The monoisotopic (exact) mass is 296 g/mol. The average molecular weight is 296 g/mol. The molecule has 1 aliphatic carbocycles. The van der Waals surface area contributed by atoms with Crippen LogP contribution in [0.5, 0.6) is 11.5 Å². The van der Waals surface area contributed by atoms with E-state index >= 15 is 0 Å². The van der Waals surface area contributed by atoms with Crippen molar-refractivity contribution in [1.29, 1.82) is 0 Å². The molecular weight excluding hydrogens is 280 g/mol. The molecule has 2 aromatic rings. The molecule has 5 heteroatoms. The third-order valence-electron chi connectivity index (χ3n) is 4.24. The Morgan fingerprint density at radius 3 is 2.59 bits per heavy atom. The van der Waals surface area contributed by atoms with Crippen LogP contribution < -0.4 is 5.32 Å². The predicted octanol–water partition coefficient (Wildman–Crippen LogP) is 2.83. The van der Waals surface area contributed by atoms with Gasteiger partial charge in [-0.25, -0.2) is 0 Å². The van der Waals surface area contributed by atoms with Crippen LogP contribution >= 0.6 is 0 Å². The molecular formula is C17H16N2O3. The van der Waals surface area contributed by atoms with Crippen LogP contribution in [0.2, 0.25) is 0 Å². The molecule has 1 amide bonds. The Labute approximate surface area is 127 Å². The van der Waals surface area contributed by atoms with E-state index in [1.54, 1.807) is 23.1 Å². The van der Waals surface area contributed by atoms with E-state index in [0.717, 1.165) is 18.5 Å². The minimum Gasteiger partial charge on any atom is -0.504 e. The first-order chi connectivity index (χ1) is 10.7. The van der Waals surface area contributed by atoms with Crippen molar-refractivity contribution in [1.82, 2.24) is 4.90 Å². The highest BCUT2D eigenvalue weighted by Gasteiger charge is 2.42. The van der Waals surface area contributed by atoms with Gasteiger partial charge >= 0.3 is 0 Å². The summed E-state index contributed by atoms with van der Waals surface area (Å²) in [6, 6.07) is 12.4. The molecule has 112 valence electrons. The number of anilines is 1. The molecule has 5 nitrogen and oxygen atoms in total. The number of rotatable bonds is 2. The zero-order chi connectivity index (χ0) is 15.3. The summed E-state index contributed by atoms with van der Waals surface area (Å²) in [7, 11) is 0. The van der Waals surface area contributed by atoms with Crippen LogP contribution in [0.1, 0.15) is 34.9 Å². The van der Waals surface area contributed by atoms with Gasteiger partial charge in [-0.1, -0.05) is 24.3 Å². The summed E-state index contributed by atoms with van der Waals surface area (Å²) in [5.41, 5.74) is 1.90.